The molecule has 4 heterocycles. The minimum Gasteiger partial charge on any atom is -0.507 e. The van der Waals surface area contributed by atoms with Crippen LogP contribution in [0.25, 0.3) is 22.4 Å². The standard InChI is InChI=1S/C24H28F2N6O/c1-23-4-3-5-24(2,32-23)10-14(9-23)11-27-21-8-19(26)22(31-30-21)17-6-18(25)16(7-20(17)33)15-12-28-29-13-15/h6-8,12-14,32-33H,3-5,9-11H2,1-2H3,(H,27,30)(H,28,29). The minimum absolute atomic E-state index is 0.0525. The monoisotopic (exact) mass is 454 g/mol. The number of anilines is 1. The number of piperidine rings is 2. The molecule has 2 saturated heterocycles. The highest BCUT2D eigenvalue weighted by Gasteiger charge is 2.45. The first-order valence-corrected chi connectivity index (χ1v) is 11.3. The molecule has 33 heavy (non-hydrogen) atoms. The Hall–Kier alpha value is -3.07. The van der Waals surface area contributed by atoms with Crippen molar-refractivity contribution in [3.63, 3.8) is 0 Å². The molecule has 1 aromatic carbocycles. The lowest BCUT2D eigenvalue weighted by atomic mass is 9.67. The number of benzene rings is 1. The van der Waals surface area contributed by atoms with Gasteiger partial charge in [-0.1, -0.05) is 0 Å². The first kappa shape index (κ1) is 21.8. The van der Waals surface area contributed by atoms with E-state index in [0.29, 0.717) is 23.8 Å². The number of aromatic hydroxyl groups is 1. The molecule has 3 aromatic rings. The Morgan fingerprint density at radius 2 is 1.82 bits per heavy atom. The summed E-state index contributed by atoms with van der Waals surface area (Å²) < 4.78 is 29.5. The number of nitrogens with zero attached hydrogens (tertiary/aromatic N) is 3. The third-order valence-electron chi connectivity index (χ3n) is 7.01. The topological polar surface area (TPSA) is 98.8 Å². The number of phenolic OH excluding ortho intramolecular Hbond substituents is 1. The Morgan fingerprint density at radius 3 is 2.48 bits per heavy atom. The van der Waals surface area contributed by atoms with E-state index in [0.717, 1.165) is 18.9 Å². The SMILES string of the molecule is CC12CCCC(C)(CC(CNc3cc(F)c(-c4cc(F)c(-c5cn[nH]c5)cc4O)nn3)C1)N2. The van der Waals surface area contributed by atoms with E-state index in [2.05, 4.69) is 44.9 Å². The van der Waals surface area contributed by atoms with Gasteiger partial charge in [0.1, 0.15) is 17.3 Å². The summed E-state index contributed by atoms with van der Waals surface area (Å²) in [5.74, 6) is -0.820. The normalized spacial score (nSPS) is 26.8. The lowest BCUT2D eigenvalue weighted by Gasteiger charge is -2.53. The van der Waals surface area contributed by atoms with Crippen LogP contribution < -0.4 is 10.6 Å². The highest BCUT2D eigenvalue weighted by Crippen LogP contribution is 2.42. The first-order chi connectivity index (χ1) is 15.7. The third-order valence-corrected chi connectivity index (χ3v) is 7.01. The molecule has 7 nitrogen and oxygen atoms in total. The molecule has 0 spiro atoms. The minimum atomic E-state index is -0.681. The van der Waals surface area contributed by atoms with E-state index in [-0.39, 0.29) is 33.6 Å². The maximum absolute atomic E-state index is 14.9. The van der Waals surface area contributed by atoms with Crippen molar-refractivity contribution in [2.75, 3.05) is 11.9 Å². The number of aromatic nitrogens is 4. The number of halogens is 2. The lowest BCUT2D eigenvalue weighted by Crippen LogP contribution is -2.63. The van der Waals surface area contributed by atoms with Crippen LogP contribution in [-0.2, 0) is 0 Å². The second kappa shape index (κ2) is 8.06. The fourth-order valence-corrected chi connectivity index (χ4v) is 5.78. The lowest BCUT2D eigenvalue weighted by molar-refractivity contribution is 0.0589. The van der Waals surface area contributed by atoms with Crippen molar-refractivity contribution in [3.8, 4) is 28.1 Å². The van der Waals surface area contributed by atoms with Crippen LogP contribution in [0.4, 0.5) is 14.6 Å². The second-order valence-corrected chi connectivity index (χ2v) is 10.0. The molecule has 0 radical (unpaired) electrons. The highest BCUT2D eigenvalue weighted by atomic mass is 19.1. The molecule has 4 N–H and O–H groups in total. The van der Waals surface area contributed by atoms with Gasteiger partial charge in [0.05, 0.1) is 6.20 Å². The number of aromatic amines is 1. The smallest absolute Gasteiger partial charge is 0.155 e. The fourth-order valence-electron chi connectivity index (χ4n) is 5.78. The van der Waals surface area contributed by atoms with E-state index in [1.54, 1.807) is 0 Å². The number of rotatable bonds is 5. The van der Waals surface area contributed by atoms with Crippen LogP contribution in [0.2, 0.25) is 0 Å². The molecule has 5 rings (SSSR count). The summed E-state index contributed by atoms with van der Waals surface area (Å²) in [5.41, 5.74) is 0.664. The fraction of sp³-hybridized carbons (Fsp3) is 0.458. The summed E-state index contributed by atoms with van der Waals surface area (Å²) in [6, 6.07) is 3.54. The number of phenols is 1. The van der Waals surface area contributed by atoms with Gasteiger partial charge in [0, 0.05) is 46.6 Å². The highest BCUT2D eigenvalue weighted by molar-refractivity contribution is 5.74. The van der Waals surface area contributed by atoms with Gasteiger partial charge in [-0.05, 0) is 64.0 Å². The van der Waals surface area contributed by atoms with Crippen molar-refractivity contribution >= 4 is 5.82 Å². The van der Waals surface area contributed by atoms with Crippen LogP contribution in [0, 0.1) is 17.6 Å². The maximum atomic E-state index is 14.9. The van der Waals surface area contributed by atoms with Gasteiger partial charge < -0.3 is 15.7 Å². The van der Waals surface area contributed by atoms with Gasteiger partial charge in [0.15, 0.2) is 11.6 Å². The predicted molar refractivity (Wildman–Crippen MR) is 122 cm³/mol. The van der Waals surface area contributed by atoms with Crippen molar-refractivity contribution in [1.82, 2.24) is 25.7 Å². The van der Waals surface area contributed by atoms with Gasteiger partial charge in [-0.15, -0.1) is 10.2 Å². The maximum Gasteiger partial charge on any atom is 0.155 e. The van der Waals surface area contributed by atoms with E-state index in [4.69, 9.17) is 0 Å². The summed E-state index contributed by atoms with van der Waals surface area (Å²) in [7, 11) is 0. The summed E-state index contributed by atoms with van der Waals surface area (Å²) >= 11 is 0. The molecule has 2 aliphatic heterocycles. The van der Waals surface area contributed by atoms with E-state index in [1.165, 1.54) is 43.8 Å². The molecule has 0 aliphatic carbocycles. The second-order valence-electron chi connectivity index (χ2n) is 10.0. The van der Waals surface area contributed by atoms with Crippen molar-refractivity contribution in [1.29, 1.82) is 0 Å². The Balaban J connectivity index is 1.32. The zero-order valence-corrected chi connectivity index (χ0v) is 18.8. The first-order valence-electron chi connectivity index (χ1n) is 11.3. The Bertz CT molecular complexity index is 1150. The molecule has 2 unspecified atom stereocenters. The quantitative estimate of drug-likeness (QED) is 0.449. The van der Waals surface area contributed by atoms with Crippen LogP contribution in [0.3, 0.4) is 0 Å². The Morgan fingerprint density at radius 1 is 1.06 bits per heavy atom. The summed E-state index contributed by atoms with van der Waals surface area (Å²) in [6.07, 6.45) is 8.64. The molecule has 2 bridgehead atoms. The molecular formula is C24H28F2N6O. The molecule has 174 valence electrons. The average molecular weight is 455 g/mol. The Labute approximate surface area is 191 Å². The molecule has 2 aliphatic rings. The summed E-state index contributed by atoms with van der Waals surface area (Å²) in [6.45, 7) is 5.25. The van der Waals surface area contributed by atoms with Gasteiger partial charge in [-0.25, -0.2) is 8.78 Å². The summed E-state index contributed by atoms with van der Waals surface area (Å²) in [4.78, 5) is 0. The van der Waals surface area contributed by atoms with Crippen LogP contribution >= 0.6 is 0 Å². The molecular weight excluding hydrogens is 426 g/mol. The van der Waals surface area contributed by atoms with Crippen LogP contribution in [0.15, 0.2) is 30.6 Å². The average Bonchev–Trinajstić information content (AvgIpc) is 3.27. The zero-order chi connectivity index (χ0) is 23.2. The van der Waals surface area contributed by atoms with Crippen molar-refractivity contribution in [3.05, 3.63) is 42.2 Å². The Kier molecular flexibility index (Phi) is 5.31. The van der Waals surface area contributed by atoms with Gasteiger partial charge in [-0.2, -0.15) is 5.10 Å². The molecule has 2 atom stereocenters. The van der Waals surface area contributed by atoms with Crippen molar-refractivity contribution < 1.29 is 13.9 Å². The van der Waals surface area contributed by atoms with E-state index < -0.39 is 11.6 Å². The number of hydrogen-bond acceptors (Lipinski definition) is 6. The predicted octanol–water partition coefficient (Wildman–Crippen LogP) is 4.63. The third kappa shape index (κ3) is 4.29. The van der Waals surface area contributed by atoms with Gasteiger partial charge in [-0.3, -0.25) is 5.10 Å². The molecule has 0 saturated carbocycles. The molecule has 2 fully saturated rings. The van der Waals surface area contributed by atoms with Gasteiger partial charge in [0.25, 0.3) is 0 Å². The van der Waals surface area contributed by atoms with Crippen molar-refractivity contribution in [2.45, 2.75) is 57.0 Å². The molecule has 0 amide bonds. The molecule has 9 heteroatoms. The molecule has 2 aromatic heterocycles. The van der Waals surface area contributed by atoms with Crippen LogP contribution in [0.5, 0.6) is 5.75 Å². The van der Waals surface area contributed by atoms with Gasteiger partial charge >= 0.3 is 0 Å². The number of H-pyrrole nitrogens is 1. The number of nitrogens with one attached hydrogen (secondary N) is 3. The van der Waals surface area contributed by atoms with Crippen LogP contribution in [0.1, 0.15) is 46.0 Å². The van der Waals surface area contributed by atoms with Crippen molar-refractivity contribution in [2.24, 2.45) is 5.92 Å². The number of hydrogen-bond donors (Lipinski definition) is 4. The van der Waals surface area contributed by atoms with Gasteiger partial charge in [0.2, 0.25) is 0 Å². The summed E-state index contributed by atoms with van der Waals surface area (Å²) in [5, 5.41) is 31.9. The van der Waals surface area contributed by atoms with E-state index in [1.807, 2.05) is 0 Å². The van der Waals surface area contributed by atoms with Crippen LogP contribution in [-0.4, -0.2) is 43.1 Å². The zero-order valence-electron chi connectivity index (χ0n) is 18.8. The largest absolute Gasteiger partial charge is 0.507 e. The van der Waals surface area contributed by atoms with E-state index in [9.17, 15) is 13.9 Å². The number of fused-ring (bicyclic) bond motifs is 2. The van der Waals surface area contributed by atoms with E-state index >= 15 is 0 Å².